The Hall–Kier alpha value is -2.61. The summed E-state index contributed by atoms with van der Waals surface area (Å²) in [6.07, 6.45) is 0. The second-order valence-corrected chi connectivity index (χ2v) is 7.16. The molecule has 0 bridgehead atoms. The number of benzene rings is 1. The quantitative estimate of drug-likeness (QED) is 0.844. The van der Waals surface area contributed by atoms with Crippen molar-refractivity contribution in [3.05, 3.63) is 33.8 Å². The number of carboxylic acid groups (broad SMARTS) is 1. The summed E-state index contributed by atoms with van der Waals surface area (Å²) >= 11 is 1.40. The molecule has 0 atom stereocenters. The Morgan fingerprint density at radius 2 is 1.88 bits per heavy atom. The molecule has 1 amide bonds. The number of anilines is 1. The van der Waals surface area contributed by atoms with Gasteiger partial charge < -0.3 is 19.9 Å². The Morgan fingerprint density at radius 1 is 1.20 bits per heavy atom. The second-order valence-electron chi connectivity index (χ2n) is 6.31. The van der Waals surface area contributed by atoms with Crippen LogP contribution in [0.2, 0.25) is 0 Å². The fraction of sp³-hybridized carbons (Fsp3) is 0.353. The van der Waals surface area contributed by atoms with Gasteiger partial charge in [0.2, 0.25) is 0 Å². The molecule has 25 heavy (non-hydrogen) atoms. The van der Waals surface area contributed by atoms with Crippen LogP contribution in [0.25, 0.3) is 0 Å². The molecule has 8 heteroatoms. The molecule has 0 saturated heterocycles. The number of methoxy groups -OCH3 is 2. The first kappa shape index (κ1) is 18.7. The van der Waals surface area contributed by atoms with Gasteiger partial charge in [-0.2, -0.15) is 0 Å². The molecule has 1 heterocycles. The number of carbonyl (C=O) groups excluding carboxylic acids is 1. The minimum atomic E-state index is -1.14. The van der Waals surface area contributed by atoms with Gasteiger partial charge in [0.15, 0.2) is 11.5 Å². The lowest BCUT2D eigenvalue weighted by Gasteiger charge is -2.15. The summed E-state index contributed by atoms with van der Waals surface area (Å²) in [5, 5.41) is 14.4. The predicted molar refractivity (Wildman–Crippen MR) is 95.3 cm³/mol. The molecule has 134 valence electrons. The van der Waals surface area contributed by atoms with Crippen LogP contribution in [0.15, 0.2) is 17.5 Å². The van der Waals surface area contributed by atoms with Crippen LogP contribution in [0, 0.1) is 0 Å². The van der Waals surface area contributed by atoms with Gasteiger partial charge >= 0.3 is 5.97 Å². The number of rotatable bonds is 5. The molecule has 0 saturated carbocycles. The lowest BCUT2D eigenvalue weighted by Crippen LogP contribution is -2.16. The lowest BCUT2D eigenvalue weighted by molar-refractivity contribution is 0.0696. The summed E-state index contributed by atoms with van der Waals surface area (Å²) in [5.74, 6) is -1.13. The van der Waals surface area contributed by atoms with E-state index in [0.29, 0.717) is 0 Å². The van der Waals surface area contributed by atoms with Crippen molar-refractivity contribution >= 4 is 28.9 Å². The van der Waals surface area contributed by atoms with E-state index >= 15 is 0 Å². The Morgan fingerprint density at radius 3 is 2.36 bits per heavy atom. The molecular formula is C17H20N2O5S. The van der Waals surface area contributed by atoms with E-state index in [9.17, 15) is 14.7 Å². The Labute approximate surface area is 149 Å². The van der Waals surface area contributed by atoms with Gasteiger partial charge in [-0.15, -0.1) is 11.3 Å². The van der Waals surface area contributed by atoms with Crippen LogP contribution in [0.1, 0.15) is 46.6 Å². The zero-order chi connectivity index (χ0) is 18.8. The minimum Gasteiger partial charge on any atom is -0.493 e. The molecule has 2 aromatic rings. The highest BCUT2D eigenvalue weighted by Gasteiger charge is 2.22. The van der Waals surface area contributed by atoms with E-state index in [2.05, 4.69) is 10.3 Å². The highest BCUT2D eigenvalue weighted by Crippen LogP contribution is 2.37. The van der Waals surface area contributed by atoms with Crippen molar-refractivity contribution in [1.29, 1.82) is 0 Å². The molecule has 2 rings (SSSR count). The zero-order valence-electron chi connectivity index (χ0n) is 14.7. The number of thiazole rings is 1. The molecule has 0 aliphatic rings. The van der Waals surface area contributed by atoms with Crippen molar-refractivity contribution in [2.24, 2.45) is 0 Å². The van der Waals surface area contributed by atoms with E-state index in [4.69, 9.17) is 9.47 Å². The van der Waals surface area contributed by atoms with Crippen molar-refractivity contribution in [2.75, 3.05) is 19.5 Å². The number of amides is 1. The summed E-state index contributed by atoms with van der Waals surface area (Å²) in [6.45, 7) is 6.03. The van der Waals surface area contributed by atoms with Crippen LogP contribution in [0.3, 0.4) is 0 Å². The van der Waals surface area contributed by atoms with Crippen molar-refractivity contribution < 1.29 is 24.2 Å². The van der Waals surface area contributed by atoms with E-state index in [-0.39, 0.29) is 33.9 Å². The van der Waals surface area contributed by atoms with Gasteiger partial charge in [0, 0.05) is 10.8 Å². The third-order valence-electron chi connectivity index (χ3n) is 3.35. The van der Waals surface area contributed by atoms with Crippen LogP contribution in [0.4, 0.5) is 5.69 Å². The molecule has 2 N–H and O–H groups in total. The minimum absolute atomic E-state index is 0.0263. The maximum absolute atomic E-state index is 12.5. The van der Waals surface area contributed by atoms with E-state index in [1.807, 2.05) is 20.8 Å². The Balaban J connectivity index is 2.38. The molecule has 1 aromatic heterocycles. The van der Waals surface area contributed by atoms with Crippen LogP contribution in [-0.2, 0) is 5.41 Å². The molecule has 0 unspecified atom stereocenters. The number of hydrogen-bond donors (Lipinski definition) is 2. The van der Waals surface area contributed by atoms with E-state index in [1.165, 1.54) is 37.7 Å². The second kappa shape index (κ2) is 7.10. The number of ether oxygens (including phenoxy) is 2. The fourth-order valence-electron chi connectivity index (χ4n) is 2.09. The first-order chi connectivity index (χ1) is 11.7. The first-order valence-electron chi connectivity index (χ1n) is 7.44. The maximum atomic E-state index is 12.5. The standard InChI is InChI=1S/C17H20N2O5S/c1-17(2,3)16-19-11(8-25-16)14(20)18-10-6-9(15(21)22)7-12(23-4)13(10)24-5/h6-8H,1-5H3,(H,18,20)(H,21,22). The van der Waals surface area contributed by atoms with Gasteiger partial charge in [0.1, 0.15) is 5.69 Å². The summed E-state index contributed by atoms with van der Waals surface area (Å²) < 4.78 is 10.4. The molecule has 1 aromatic carbocycles. The number of carbonyl (C=O) groups is 2. The average molecular weight is 364 g/mol. The van der Waals surface area contributed by atoms with E-state index in [1.54, 1.807) is 5.38 Å². The molecule has 0 radical (unpaired) electrons. The summed E-state index contributed by atoms with van der Waals surface area (Å²) in [7, 11) is 2.81. The average Bonchev–Trinajstić information content (AvgIpc) is 3.04. The Kier molecular flexibility index (Phi) is 5.32. The number of aromatic carboxylic acids is 1. The SMILES string of the molecule is COc1cc(C(=O)O)cc(NC(=O)c2csc(C(C)(C)C)n2)c1OC. The topological polar surface area (TPSA) is 97.8 Å². The van der Waals surface area contributed by atoms with Gasteiger partial charge in [-0.3, -0.25) is 4.79 Å². The summed E-state index contributed by atoms with van der Waals surface area (Å²) in [6, 6.07) is 2.65. The summed E-state index contributed by atoms with van der Waals surface area (Å²) in [4.78, 5) is 28.1. The zero-order valence-corrected chi connectivity index (χ0v) is 15.5. The van der Waals surface area contributed by atoms with Crippen LogP contribution in [-0.4, -0.2) is 36.2 Å². The number of carboxylic acids is 1. The van der Waals surface area contributed by atoms with Crippen LogP contribution >= 0.6 is 11.3 Å². The van der Waals surface area contributed by atoms with Gasteiger partial charge in [0.25, 0.3) is 5.91 Å². The Bertz CT molecular complexity index is 808. The third-order valence-corrected chi connectivity index (χ3v) is 4.62. The highest BCUT2D eigenvalue weighted by molar-refractivity contribution is 7.10. The number of hydrogen-bond acceptors (Lipinski definition) is 6. The monoisotopic (exact) mass is 364 g/mol. The van der Waals surface area contributed by atoms with Gasteiger partial charge in [-0.25, -0.2) is 9.78 Å². The highest BCUT2D eigenvalue weighted by atomic mass is 32.1. The number of nitrogens with zero attached hydrogens (tertiary/aromatic N) is 1. The fourth-order valence-corrected chi connectivity index (χ4v) is 2.98. The van der Waals surface area contributed by atoms with Gasteiger partial charge in [-0.05, 0) is 12.1 Å². The third kappa shape index (κ3) is 4.08. The predicted octanol–water partition coefficient (Wildman–Crippen LogP) is 3.41. The molecule has 0 spiro atoms. The normalized spacial score (nSPS) is 11.1. The van der Waals surface area contributed by atoms with Crippen molar-refractivity contribution in [3.63, 3.8) is 0 Å². The van der Waals surface area contributed by atoms with Gasteiger partial charge in [-0.1, -0.05) is 20.8 Å². The first-order valence-corrected chi connectivity index (χ1v) is 8.32. The number of nitrogens with one attached hydrogen (secondary N) is 1. The molecular weight excluding hydrogens is 344 g/mol. The lowest BCUT2D eigenvalue weighted by atomic mass is 9.98. The van der Waals surface area contributed by atoms with Crippen molar-refractivity contribution in [1.82, 2.24) is 4.98 Å². The molecule has 0 fully saturated rings. The number of aromatic nitrogens is 1. The maximum Gasteiger partial charge on any atom is 0.335 e. The van der Waals surface area contributed by atoms with E-state index < -0.39 is 11.9 Å². The van der Waals surface area contributed by atoms with E-state index in [0.717, 1.165) is 5.01 Å². The van der Waals surface area contributed by atoms with Crippen LogP contribution in [0.5, 0.6) is 11.5 Å². The van der Waals surface area contributed by atoms with Gasteiger partial charge in [0.05, 0.1) is 30.5 Å². The van der Waals surface area contributed by atoms with Crippen molar-refractivity contribution in [3.8, 4) is 11.5 Å². The molecule has 0 aliphatic carbocycles. The van der Waals surface area contributed by atoms with Crippen molar-refractivity contribution in [2.45, 2.75) is 26.2 Å². The summed E-state index contributed by atoms with van der Waals surface area (Å²) in [5.41, 5.74) is 0.278. The largest absolute Gasteiger partial charge is 0.493 e. The molecule has 7 nitrogen and oxygen atoms in total. The molecule has 0 aliphatic heterocycles. The smallest absolute Gasteiger partial charge is 0.335 e. The van der Waals surface area contributed by atoms with Crippen LogP contribution < -0.4 is 14.8 Å².